The van der Waals surface area contributed by atoms with E-state index in [1.165, 1.54) is 0 Å². The van der Waals surface area contributed by atoms with Crippen LogP contribution >= 0.6 is 23.2 Å². The zero-order valence-corrected chi connectivity index (χ0v) is 25.2. The lowest BCUT2D eigenvalue weighted by atomic mass is 9.86. The number of imidazole rings is 1. The molecule has 7 nitrogen and oxygen atoms in total. The number of benzene rings is 3. The van der Waals surface area contributed by atoms with Crippen LogP contribution in [0.4, 0.5) is 11.4 Å². The van der Waals surface area contributed by atoms with E-state index in [4.69, 9.17) is 32.9 Å². The summed E-state index contributed by atoms with van der Waals surface area (Å²) in [5.74, 6) is 0.757. The molecule has 0 saturated carbocycles. The molecular weight excluding hydrogens is 559 g/mol. The Labute approximate surface area is 249 Å². The van der Waals surface area contributed by atoms with Gasteiger partial charge in [0.1, 0.15) is 11.6 Å². The summed E-state index contributed by atoms with van der Waals surface area (Å²) in [6, 6.07) is 16.4. The van der Waals surface area contributed by atoms with E-state index in [9.17, 15) is 9.59 Å². The van der Waals surface area contributed by atoms with E-state index in [0.29, 0.717) is 50.2 Å². The Morgan fingerprint density at radius 2 is 1.66 bits per heavy atom. The molecule has 1 aromatic heterocycles. The molecule has 3 aromatic carbocycles. The monoisotopic (exact) mass is 588 g/mol. The van der Waals surface area contributed by atoms with Crippen molar-refractivity contribution >= 4 is 46.4 Å². The number of amides is 2. The highest BCUT2D eigenvalue weighted by atomic mass is 35.5. The third-order valence-corrected chi connectivity index (χ3v) is 8.47. The summed E-state index contributed by atoms with van der Waals surface area (Å²) in [6.07, 6.45) is 0. The number of methoxy groups -OCH3 is 1. The van der Waals surface area contributed by atoms with Crippen LogP contribution in [0.5, 0.6) is 5.75 Å². The largest absolute Gasteiger partial charge is 0.496 e. The van der Waals surface area contributed by atoms with Crippen molar-refractivity contribution in [3.05, 3.63) is 92.7 Å². The number of fused-ring (bicyclic) bond motifs is 4. The Morgan fingerprint density at radius 1 is 0.951 bits per heavy atom. The Hall–Kier alpha value is -3.81. The Bertz CT molecular complexity index is 1760. The Balaban J connectivity index is 1.72. The molecule has 0 radical (unpaired) electrons. The number of nitrogens with one attached hydrogen (secondary N) is 1. The first-order valence-electron chi connectivity index (χ1n) is 13.5. The molecule has 4 aromatic rings. The van der Waals surface area contributed by atoms with Gasteiger partial charge in [-0.1, -0.05) is 55.2 Å². The minimum absolute atomic E-state index is 0.162. The normalized spacial score (nSPS) is 17.6. The van der Waals surface area contributed by atoms with Crippen LogP contribution in [-0.2, 0) is 10.3 Å². The molecule has 0 saturated heterocycles. The number of hydrogen-bond acceptors (Lipinski definition) is 4. The summed E-state index contributed by atoms with van der Waals surface area (Å²) in [5.41, 5.74) is 3.53. The number of anilines is 2. The van der Waals surface area contributed by atoms with Crippen LogP contribution in [-0.4, -0.2) is 28.5 Å². The van der Waals surface area contributed by atoms with Crippen molar-refractivity contribution in [2.75, 3.05) is 17.3 Å². The summed E-state index contributed by atoms with van der Waals surface area (Å²) in [4.78, 5) is 35.4. The second-order valence-corrected chi connectivity index (χ2v) is 12.0. The van der Waals surface area contributed by atoms with E-state index in [-0.39, 0.29) is 23.6 Å². The first-order chi connectivity index (χ1) is 19.5. The number of ether oxygens (including phenoxy) is 1. The molecule has 6 rings (SSSR count). The number of halogens is 2. The molecule has 2 amide bonds. The van der Waals surface area contributed by atoms with Crippen molar-refractivity contribution in [1.82, 2.24) is 9.55 Å². The average molecular weight is 590 g/mol. The van der Waals surface area contributed by atoms with Gasteiger partial charge < -0.3 is 14.6 Å². The zero-order valence-electron chi connectivity index (χ0n) is 23.7. The average Bonchev–Trinajstić information content (AvgIpc) is 3.53. The van der Waals surface area contributed by atoms with E-state index in [1.54, 1.807) is 42.3 Å². The molecule has 1 spiro atoms. The van der Waals surface area contributed by atoms with Crippen LogP contribution in [0.3, 0.4) is 0 Å². The van der Waals surface area contributed by atoms with Crippen LogP contribution in [0.25, 0.3) is 11.4 Å². The van der Waals surface area contributed by atoms with Gasteiger partial charge in [-0.15, -0.1) is 0 Å². The number of carbonyl (C=O) groups excluding carboxylic acids is 2. The molecular formula is C32H30Cl2N4O3. The summed E-state index contributed by atoms with van der Waals surface area (Å²) in [5, 5.41) is 3.94. The molecule has 1 N–H and O–H groups in total. The van der Waals surface area contributed by atoms with Gasteiger partial charge in [0.2, 0.25) is 0 Å². The maximum absolute atomic E-state index is 14.5. The van der Waals surface area contributed by atoms with Crippen molar-refractivity contribution in [3.8, 4) is 17.1 Å². The third kappa shape index (κ3) is 3.82. The molecule has 9 heteroatoms. The second kappa shape index (κ2) is 9.64. The fourth-order valence-corrected chi connectivity index (χ4v) is 6.42. The topological polar surface area (TPSA) is 76.5 Å². The Kier molecular flexibility index (Phi) is 6.43. The van der Waals surface area contributed by atoms with Crippen LogP contribution in [0.15, 0.2) is 54.6 Å². The van der Waals surface area contributed by atoms with Gasteiger partial charge in [0.05, 0.1) is 24.1 Å². The molecule has 0 fully saturated rings. The summed E-state index contributed by atoms with van der Waals surface area (Å²) in [7, 11) is 1.62. The summed E-state index contributed by atoms with van der Waals surface area (Å²) < 4.78 is 7.81. The predicted octanol–water partition coefficient (Wildman–Crippen LogP) is 7.73. The minimum atomic E-state index is -1.54. The number of carbonyl (C=O) groups is 2. The van der Waals surface area contributed by atoms with Gasteiger partial charge in [0.25, 0.3) is 11.8 Å². The molecule has 1 unspecified atom stereocenters. The maximum Gasteiger partial charge on any atom is 0.280 e. The summed E-state index contributed by atoms with van der Waals surface area (Å²) >= 11 is 12.8. The number of aryl methyl sites for hydroxylation is 1. The van der Waals surface area contributed by atoms with Gasteiger partial charge in [-0.25, -0.2) is 4.98 Å². The van der Waals surface area contributed by atoms with Crippen molar-refractivity contribution in [3.63, 3.8) is 0 Å². The fourth-order valence-electron chi connectivity index (χ4n) is 6.08. The van der Waals surface area contributed by atoms with Crippen LogP contribution in [0.2, 0.25) is 10.0 Å². The molecule has 3 heterocycles. The van der Waals surface area contributed by atoms with Gasteiger partial charge in [0, 0.05) is 27.3 Å². The minimum Gasteiger partial charge on any atom is -0.496 e. The first kappa shape index (κ1) is 27.4. The van der Waals surface area contributed by atoms with Gasteiger partial charge in [0.15, 0.2) is 11.2 Å². The Morgan fingerprint density at radius 3 is 2.34 bits per heavy atom. The van der Waals surface area contributed by atoms with E-state index in [1.807, 2.05) is 49.6 Å². The van der Waals surface area contributed by atoms with E-state index in [2.05, 4.69) is 19.2 Å². The van der Waals surface area contributed by atoms with Gasteiger partial charge in [-0.2, -0.15) is 0 Å². The molecule has 0 aliphatic carbocycles. The number of hydrogen-bond donors (Lipinski definition) is 1. The van der Waals surface area contributed by atoms with Gasteiger partial charge in [-0.05, 0) is 74.2 Å². The smallest absolute Gasteiger partial charge is 0.280 e. The van der Waals surface area contributed by atoms with Crippen LogP contribution < -0.4 is 15.0 Å². The third-order valence-electron chi connectivity index (χ3n) is 8.00. The summed E-state index contributed by atoms with van der Waals surface area (Å²) in [6.45, 7) is 10.2. The van der Waals surface area contributed by atoms with E-state index >= 15 is 0 Å². The van der Waals surface area contributed by atoms with E-state index in [0.717, 1.165) is 16.7 Å². The molecule has 210 valence electrons. The quantitative estimate of drug-likeness (QED) is 0.259. The van der Waals surface area contributed by atoms with Crippen molar-refractivity contribution < 1.29 is 14.3 Å². The molecule has 2 aliphatic rings. The molecule has 41 heavy (non-hydrogen) atoms. The predicted molar refractivity (Wildman–Crippen MR) is 163 cm³/mol. The lowest BCUT2D eigenvalue weighted by Crippen LogP contribution is -2.51. The lowest BCUT2D eigenvalue weighted by molar-refractivity contribution is -0.119. The fraction of sp³-hybridized carbons (Fsp3) is 0.281. The van der Waals surface area contributed by atoms with Gasteiger partial charge >= 0.3 is 0 Å². The second-order valence-electron chi connectivity index (χ2n) is 11.1. The molecule has 2 aliphatic heterocycles. The molecule has 1 atom stereocenters. The molecule has 0 bridgehead atoms. The van der Waals surface area contributed by atoms with Crippen molar-refractivity contribution in [1.29, 1.82) is 0 Å². The highest BCUT2D eigenvalue weighted by Crippen LogP contribution is 2.55. The first-order valence-corrected chi connectivity index (χ1v) is 14.3. The number of nitrogens with zero attached hydrogens (tertiary/aromatic N) is 3. The van der Waals surface area contributed by atoms with Crippen LogP contribution in [0.1, 0.15) is 72.5 Å². The van der Waals surface area contributed by atoms with Crippen molar-refractivity contribution in [2.45, 2.75) is 52.1 Å². The van der Waals surface area contributed by atoms with E-state index < -0.39 is 5.54 Å². The van der Waals surface area contributed by atoms with Gasteiger partial charge in [-0.3, -0.25) is 14.5 Å². The standard InChI is InChI=1S/C32H30Cl2N4O3/c1-16(2)19-8-11-22(26(13-19)41-6)29-36-27-28(37(29)17(3)4)32(23-12-10-20(33)14-24(23)35-31(32)40)38(30(27)39)25-15-21(34)9-7-18(25)5/h7-17H,1-6H3,(H,35,40). The van der Waals surface area contributed by atoms with Crippen molar-refractivity contribution in [2.24, 2.45) is 0 Å². The lowest BCUT2D eigenvalue weighted by Gasteiger charge is -2.36. The highest BCUT2D eigenvalue weighted by molar-refractivity contribution is 6.32. The number of rotatable bonds is 5. The van der Waals surface area contributed by atoms with Crippen LogP contribution in [0, 0.1) is 6.92 Å². The zero-order chi connectivity index (χ0) is 29.4. The highest BCUT2D eigenvalue weighted by Gasteiger charge is 2.64. The number of aromatic nitrogens is 2. The maximum atomic E-state index is 14.5. The SMILES string of the molecule is COc1cc(C(C)C)ccc1-c1nc2c(n1C(C)C)C1(C(=O)Nc3cc(Cl)ccc31)N(c1cc(Cl)ccc1C)C2=O.